The SMILES string of the molecule is CCCCOC1=Nc2ccc(Br)cc2[N+](=CN)C1CCC. The lowest BCUT2D eigenvalue weighted by atomic mass is 10.1. The number of benzene rings is 1. The second-order valence-electron chi connectivity index (χ2n) is 5.15. The van der Waals surface area contributed by atoms with Gasteiger partial charge in [0.1, 0.15) is 5.69 Å². The zero-order valence-electron chi connectivity index (χ0n) is 12.7. The minimum Gasteiger partial charge on any atom is -0.478 e. The number of hydrogen-bond donors (Lipinski definition) is 1. The van der Waals surface area contributed by atoms with Gasteiger partial charge in [-0.15, -0.1) is 0 Å². The molecular weight excluding hydrogens is 330 g/mol. The van der Waals surface area contributed by atoms with E-state index in [1.165, 1.54) is 0 Å². The van der Waals surface area contributed by atoms with Crippen LogP contribution in [0.2, 0.25) is 0 Å². The fourth-order valence-corrected chi connectivity index (χ4v) is 2.80. The van der Waals surface area contributed by atoms with Crippen LogP contribution in [0, 0.1) is 0 Å². The average Bonchev–Trinajstić information content (AvgIpc) is 2.48. The van der Waals surface area contributed by atoms with Crippen molar-refractivity contribution in [1.82, 2.24) is 0 Å². The van der Waals surface area contributed by atoms with E-state index < -0.39 is 0 Å². The fourth-order valence-electron chi connectivity index (χ4n) is 2.45. The molecule has 1 aliphatic rings. The Morgan fingerprint density at radius 1 is 1.38 bits per heavy atom. The van der Waals surface area contributed by atoms with E-state index in [-0.39, 0.29) is 6.04 Å². The van der Waals surface area contributed by atoms with Crippen LogP contribution in [0.5, 0.6) is 0 Å². The lowest BCUT2D eigenvalue weighted by molar-refractivity contribution is -0.465. The van der Waals surface area contributed by atoms with Gasteiger partial charge in [0.2, 0.25) is 12.2 Å². The summed E-state index contributed by atoms with van der Waals surface area (Å²) in [5.74, 6) is 0.779. The number of unbranched alkanes of at least 4 members (excludes halogenated alkanes) is 1. The number of rotatable bonds is 5. The predicted octanol–water partition coefficient (Wildman–Crippen LogP) is 4.11. The molecule has 0 bridgehead atoms. The van der Waals surface area contributed by atoms with Crippen LogP contribution in [0.1, 0.15) is 39.5 Å². The van der Waals surface area contributed by atoms with Gasteiger partial charge < -0.3 is 4.74 Å². The van der Waals surface area contributed by atoms with E-state index in [9.17, 15) is 0 Å². The Bertz CT molecular complexity index is 554. The Morgan fingerprint density at radius 2 is 2.19 bits per heavy atom. The van der Waals surface area contributed by atoms with Gasteiger partial charge in [-0.2, -0.15) is 0 Å². The number of nitrogens with two attached hydrogens (primary N) is 1. The molecule has 5 heteroatoms. The van der Waals surface area contributed by atoms with Crippen molar-refractivity contribution in [3.05, 3.63) is 22.7 Å². The molecule has 1 aromatic carbocycles. The second kappa shape index (κ2) is 7.59. The van der Waals surface area contributed by atoms with Crippen molar-refractivity contribution in [2.75, 3.05) is 6.61 Å². The molecule has 0 aliphatic carbocycles. The molecule has 0 saturated heterocycles. The highest BCUT2D eigenvalue weighted by Gasteiger charge is 2.32. The maximum absolute atomic E-state index is 5.93. The van der Waals surface area contributed by atoms with Gasteiger partial charge in [0.15, 0.2) is 11.7 Å². The number of halogens is 1. The summed E-state index contributed by atoms with van der Waals surface area (Å²) in [5.41, 5.74) is 7.80. The van der Waals surface area contributed by atoms with E-state index in [2.05, 4.69) is 34.4 Å². The predicted molar refractivity (Wildman–Crippen MR) is 91.0 cm³/mol. The third-order valence-electron chi connectivity index (χ3n) is 3.54. The molecule has 1 unspecified atom stereocenters. The third-order valence-corrected chi connectivity index (χ3v) is 4.03. The van der Waals surface area contributed by atoms with Crippen molar-refractivity contribution < 1.29 is 9.31 Å². The van der Waals surface area contributed by atoms with Gasteiger partial charge in [-0.05, 0) is 25.0 Å². The summed E-state index contributed by atoms with van der Waals surface area (Å²) in [4.78, 5) is 4.71. The molecule has 0 spiro atoms. The molecule has 21 heavy (non-hydrogen) atoms. The Balaban J connectivity index is 2.38. The minimum atomic E-state index is 0.0821. The van der Waals surface area contributed by atoms with Gasteiger partial charge >= 0.3 is 0 Å². The zero-order chi connectivity index (χ0) is 15.2. The lowest BCUT2D eigenvalue weighted by Crippen LogP contribution is -2.37. The smallest absolute Gasteiger partial charge is 0.235 e. The summed E-state index contributed by atoms with van der Waals surface area (Å²) >= 11 is 3.51. The number of nitrogens with zero attached hydrogens (tertiary/aromatic N) is 2. The summed E-state index contributed by atoms with van der Waals surface area (Å²) < 4.78 is 9.02. The first-order chi connectivity index (χ1) is 10.2. The molecule has 0 saturated carbocycles. The molecule has 1 atom stereocenters. The van der Waals surface area contributed by atoms with Gasteiger partial charge in [-0.3, -0.25) is 5.73 Å². The molecular formula is C16H23BrN3O+. The van der Waals surface area contributed by atoms with Crippen LogP contribution in [-0.2, 0) is 4.74 Å². The van der Waals surface area contributed by atoms with Gasteiger partial charge in [0.25, 0.3) is 0 Å². The second-order valence-corrected chi connectivity index (χ2v) is 6.06. The first-order valence-corrected chi connectivity index (χ1v) is 8.34. The van der Waals surface area contributed by atoms with Crippen LogP contribution in [0.15, 0.2) is 27.7 Å². The van der Waals surface area contributed by atoms with E-state index in [1.54, 1.807) is 6.34 Å². The molecule has 0 radical (unpaired) electrons. The van der Waals surface area contributed by atoms with Gasteiger partial charge in [-0.25, -0.2) is 9.57 Å². The largest absolute Gasteiger partial charge is 0.478 e. The van der Waals surface area contributed by atoms with E-state index in [0.29, 0.717) is 6.61 Å². The molecule has 1 aliphatic heterocycles. The normalized spacial score (nSPS) is 19.3. The summed E-state index contributed by atoms with van der Waals surface area (Å²) in [6.07, 6.45) is 5.79. The van der Waals surface area contributed by atoms with E-state index >= 15 is 0 Å². The quantitative estimate of drug-likeness (QED) is 0.492. The first-order valence-electron chi connectivity index (χ1n) is 7.55. The number of ether oxygens (including phenoxy) is 1. The van der Waals surface area contributed by atoms with E-state index in [0.717, 1.165) is 47.4 Å². The number of hydrogen-bond acceptors (Lipinski definition) is 2. The van der Waals surface area contributed by atoms with Gasteiger partial charge in [0.05, 0.1) is 6.61 Å². The van der Waals surface area contributed by atoms with Crippen LogP contribution < -0.4 is 5.73 Å². The summed E-state index contributed by atoms with van der Waals surface area (Å²) in [7, 11) is 0. The molecule has 1 heterocycles. The standard InChI is InChI=1S/C16H22BrN3O/c1-3-5-9-21-16-14(6-4-2)20(11-18)15-10-12(17)7-8-13(15)19-16/h7-8,10-11,14,18H,3-6,9H2,1-2H3/p+1. The van der Waals surface area contributed by atoms with Crippen molar-refractivity contribution >= 4 is 39.5 Å². The molecule has 4 nitrogen and oxygen atoms in total. The van der Waals surface area contributed by atoms with Crippen LogP contribution in [-0.4, -0.2) is 29.5 Å². The molecule has 1 aromatic rings. The monoisotopic (exact) mass is 352 g/mol. The lowest BCUT2D eigenvalue weighted by Gasteiger charge is -2.25. The van der Waals surface area contributed by atoms with Crippen molar-refractivity contribution in [2.45, 2.75) is 45.6 Å². The number of fused-ring (bicyclic) bond motifs is 1. The Morgan fingerprint density at radius 3 is 2.86 bits per heavy atom. The maximum atomic E-state index is 5.93. The van der Waals surface area contributed by atoms with Crippen molar-refractivity contribution in [2.24, 2.45) is 10.7 Å². The van der Waals surface area contributed by atoms with Crippen molar-refractivity contribution in [1.29, 1.82) is 0 Å². The molecule has 0 amide bonds. The Hall–Kier alpha value is -1.36. The summed E-state index contributed by atoms with van der Waals surface area (Å²) in [6, 6.07) is 6.11. The van der Waals surface area contributed by atoms with Gasteiger partial charge in [-0.1, -0.05) is 42.6 Å². The van der Waals surface area contributed by atoms with Crippen LogP contribution >= 0.6 is 15.9 Å². The Kier molecular flexibility index (Phi) is 5.79. The maximum Gasteiger partial charge on any atom is 0.235 e. The molecule has 2 N–H and O–H groups in total. The third kappa shape index (κ3) is 3.64. The van der Waals surface area contributed by atoms with Crippen molar-refractivity contribution in [3.8, 4) is 0 Å². The first kappa shape index (κ1) is 16.0. The molecule has 0 aromatic heterocycles. The van der Waals surface area contributed by atoms with Crippen LogP contribution in [0.3, 0.4) is 0 Å². The zero-order valence-corrected chi connectivity index (χ0v) is 14.3. The average molecular weight is 353 g/mol. The topological polar surface area (TPSA) is 50.6 Å². The molecule has 0 fully saturated rings. The van der Waals surface area contributed by atoms with Crippen LogP contribution in [0.25, 0.3) is 0 Å². The van der Waals surface area contributed by atoms with E-state index in [4.69, 9.17) is 15.5 Å². The Labute approximate surface area is 134 Å². The highest BCUT2D eigenvalue weighted by molar-refractivity contribution is 9.10. The summed E-state index contributed by atoms with van der Waals surface area (Å²) in [6.45, 7) is 5.02. The number of aliphatic imine (C=N–C) groups is 1. The highest BCUT2D eigenvalue weighted by Crippen LogP contribution is 2.36. The van der Waals surface area contributed by atoms with E-state index in [1.807, 2.05) is 18.2 Å². The molecule has 114 valence electrons. The van der Waals surface area contributed by atoms with Crippen LogP contribution in [0.4, 0.5) is 11.4 Å². The molecule has 2 rings (SSSR count). The minimum absolute atomic E-state index is 0.0821. The van der Waals surface area contributed by atoms with Gasteiger partial charge in [0, 0.05) is 10.5 Å². The summed E-state index contributed by atoms with van der Waals surface area (Å²) in [5, 5.41) is 0. The highest BCUT2D eigenvalue weighted by atomic mass is 79.9. The fraction of sp³-hybridized carbons (Fsp3) is 0.500. The van der Waals surface area contributed by atoms with Crippen molar-refractivity contribution in [3.63, 3.8) is 0 Å².